The first-order valence-corrected chi connectivity index (χ1v) is 8.91. The van der Waals surface area contributed by atoms with Gasteiger partial charge in [-0.2, -0.15) is 13.2 Å². The van der Waals surface area contributed by atoms with Crippen molar-refractivity contribution < 1.29 is 27.5 Å². The third kappa shape index (κ3) is 3.90. The summed E-state index contributed by atoms with van der Waals surface area (Å²) in [6.07, 6.45) is -3.33. The first kappa shape index (κ1) is 19.2. The molecule has 3 rings (SSSR count). The lowest BCUT2D eigenvalue weighted by Gasteiger charge is -2.34. The minimum atomic E-state index is -5.18. The molecule has 1 aromatic heterocycles. The van der Waals surface area contributed by atoms with Crippen LogP contribution in [0.1, 0.15) is 34.8 Å². The Morgan fingerprint density at radius 3 is 2.44 bits per heavy atom. The van der Waals surface area contributed by atoms with Gasteiger partial charge in [0.2, 0.25) is 0 Å². The summed E-state index contributed by atoms with van der Waals surface area (Å²) in [6.45, 7) is 0. The Labute approximate surface area is 156 Å². The maximum Gasteiger partial charge on any atom is 0.442 e. The summed E-state index contributed by atoms with van der Waals surface area (Å²) in [4.78, 5) is 28.6. The summed E-state index contributed by atoms with van der Waals surface area (Å²) < 4.78 is 46.2. The molecule has 1 saturated carbocycles. The molecule has 0 bridgehead atoms. The van der Waals surface area contributed by atoms with E-state index in [2.05, 4.69) is 15.0 Å². The molecule has 1 amide bonds. The molecule has 1 aliphatic carbocycles. The molecule has 1 aromatic carbocycles. The lowest BCUT2D eigenvalue weighted by atomic mass is 10.1. The Morgan fingerprint density at radius 2 is 1.89 bits per heavy atom. The summed E-state index contributed by atoms with van der Waals surface area (Å²) in [5, 5.41) is 5.32. The first-order valence-electron chi connectivity index (χ1n) is 8.03. The quantitative estimate of drug-likeness (QED) is 0.576. The van der Waals surface area contributed by atoms with Crippen molar-refractivity contribution in [3.8, 4) is 0 Å². The van der Waals surface area contributed by atoms with Gasteiger partial charge in [0.1, 0.15) is 0 Å². The highest BCUT2D eigenvalue weighted by atomic mass is 32.1. The van der Waals surface area contributed by atoms with Crippen molar-refractivity contribution in [1.82, 2.24) is 10.3 Å². The number of alkyl halides is 3. The Kier molecular flexibility index (Phi) is 5.09. The monoisotopic (exact) mass is 399 g/mol. The molecule has 0 aliphatic heterocycles. The highest BCUT2D eigenvalue weighted by Crippen LogP contribution is 2.42. The lowest BCUT2D eigenvalue weighted by Crippen LogP contribution is -2.69. The van der Waals surface area contributed by atoms with Crippen LogP contribution >= 0.6 is 11.3 Å². The molecule has 1 aliphatic rings. The molecule has 10 heteroatoms. The number of halogens is 3. The van der Waals surface area contributed by atoms with Gasteiger partial charge in [-0.1, -0.05) is 18.2 Å². The van der Waals surface area contributed by atoms with Crippen LogP contribution in [0, 0.1) is 0 Å². The molecule has 0 spiro atoms. The largest absolute Gasteiger partial charge is 0.466 e. The van der Waals surface area contributed by atoms with Crippen LogP contribution in [0.3, 0.4) is 0 Å². The van der Waals surface area contributed by atoms with Gasteiger partial charge in [-0.25, -0.2) is 9.78 Å². The average Bonchev–Trinajstić information content (AvgIpc) is 3.39. The number of benzene rings is 1. The molecule has 1 atom stereocenters. The molecule has 0 saturated heterocycles. The molecule has 27 heavy (non-hydrogen) atoms. The number of anilines is 1. The van der Waals surface area contributed by atoms with Gasteiger partial charge in [-0.15, -0.1) is 11.3 Å². The summed E-state index contributed by atoms with van der Waals surface area (Å²) in [6, 6.07) is 7.28. The predicted molar refractivity (Wildman–Crippen MR) is 92.4 cm³/mol. The molecule has 2 aromatic rings. The molecule has 0 radical (unpaired) electrons. The second-order valence-electron chi connectivity index (χ2n) is 6.04. The number of nitrogens with one attached hydrogen (secondary N) is 2. The number of hydrogen-bond donors (Lipinski definition) is 2. The second-order valence-corrected chi connectivity index (χ2v) is 6.89. The number of esters is 1. The average molecular weight is 399 g/mol. The number of amides is 1. The van der Waals surface area contributed by atoms with Crippen LogP contribution in [-0.2, 0) is 9.53 Å². The number of rotatable bonds is 6. The molecule has 2 N–H and O–H groups in total. The SMILES string of the molecule is COC(=O)[C@](NC(=O)c1ccccc1)(Nc1nc(C2CC2)cs1)C(F)(F)F. The van der Waals surface area contributed by atoms with E-state index in [-0.39, 0.29) is 16.6 Å². The number of hydrogen-bond acceptors (Lipinski definition) is 6. The summed E-state index contributed by atoms with van der Waals surface area (Å²) in [7, 11) is 0.816. The Hall–Kier alpha value is -2.62. The molecule has 1 fully saturated rings. The van der Waals surface area contributed by atoms with Crippen LogP contribution in [0.4, 0.5) is 18.3 Å². The van der Waals surface area contributed by atoms with Crippen LogP contribution in [0.5, 0.6) is 0 Å². The highest BCUT2D eigenvalue weighted by molar-refractivity contribution is 7.13. The molecule has 6 nitrogen and oxygen atoms in total. The zero-order chi connectivity index (χ0) is 19.7. The van der Waals surface area contributed by atoms with Crippen LogP contribution in [0.2, 0.25) is 0 Å². The van der Waals surface area contributed by atoms with Gasteiger partial charge in [-0.3, -0.25) is 4.79 Å². The van der Waals surface area contributed by atoms with E-state index in [0.717, 1.165) is 31.3 Å². The van der Waals surface area contributed by atoms with Gasteiger partial charge in [0, 0.05) is 16.9 Å². The maximum atomic E-state index is 14.0. The van der Waals surface area contributed by atoms with Crippen molar-refractivity contribution in [2.24, 2.45) is 0 Å². The Morgan fingerprint density at radius 1 is 1.22 bits per heavy atom. The fraction of sp³-hybridized carbons (Fsp3) is 0.353. The molecule has 0 unspecified atom stereocenters. The highest BCUT2D eigenvalue weighted by Gasteiger charge is 2.64. The van der Waals surface area contributed by atoms with Crippen molar-refractivity contribution in [2.45, 2.75) is 30.6 Å². The van der Waals surface area contributed by atoms with Crippen molar-refractivity contribution in [3.63, 3.8) is 0 Å². The maximum absolute atomic E-state index is 14.0. The first-order chi connectivity index (χ1) is 12.8. The fourth-order valence-electron chi connectivity index (χ4n) is 2.45. The summed E-state index contributed by atoms with van der Waals surface area (Å²) >= 11 is 0.930. The number of thiazole rings is 1. The van der Waals surface area contributed by atoms with E-state index in [1.807, 2.05) is 0 Å². The van der Waals surface area contributed by atoms with Crippen LogP contribution in [0.25, 0.3) is 0 Å². The summed E-state index contributed by atoms with van der Waals surface area (Å²) in [5.74, 6) is -2.54. The van der Waals surface area contributed by atoms with E-state index >= 15 is 0 Å². The lowest BCUT2D eigenvalue weighted by molar-refractivity contribution is -0.203. The van der Waals surface area contributed by atoms with E-state index in [1.54, 1.807) is 16.8 Å². The standard InChI is InChI=1S/C17H16F3N3O3S/c1-26-14(25)16(17(18,19)20,22-13(24)11-5-3-2-4-6-11)23-15-21-12(9-27-15)10-7-8-10/h2-6,9-10H,7-8H2,1H3,(H,21,23)(H,22,24)/t16-/m0/s1. The Balaban J connectivity index is 1.95. The molecular formula is C17H16F3N3O3S. The van der Waals surface area contributed by atoms with Gasteiger partial charge in [0.05, 0.1) is 12.8 Å². The Bertz CT molecular complexity index is 837. The van der Waals surface area contributed by atoms with Crippen molar-refractivity contribution >= 4 is 28.3 Å². The zero-order valence-electron chi connectivity index (χ0n) is 14.2. The smallest absolute Gasteiger partial charge is 0.442 e. The van der Waals surface area contributed by atoms with E-state index in [1.165, 1.54) is 24.3 Å². The van der Waals surface area contributed by atoms with Crippen LogP contribution < -0.4 is 10.6 Å². The number of ether oxygens (including phenoxy) is 1. The number of methoxy groups -OCH3 is 1. The molecule has 144 valence electrons. The summed E-state index contributed by atoms with van der Waals surface area (Å²) in [5.41, 5.74) is -2.83. The number of carbonyl (C=O) groups excluding carboxylic acids is 2. The van der Waals surface area contributed by atoms with E-state index in [0.29, 0.717) is 5.69 Å². The minimum absolute atomic E-state index is 0.0327. The molecule has 1 heterocycles. The van der Waals surface area contributed by atoms with Gasteiger partial charge in [-0.05, 0) is 25.0 Å². The molecular weight excluding hydrogens is 383 g/mol. The van der Waals surface area contributed by atoms with E-state index < -0.39 is 23.7 Å². The van der Waals surface area contributed by atoms with Crippen molar-refractivity contribution in [2.75, 3.05) is 12.4 Å². The second kappa shape index (κ2) is 7.18. The van der Waals surface area contributed by atoms with Gasteiger partial charge in [0.25, 0.3) is 5.91 Å². The zero-order valence-corrected chi connectivity index (χ0v) is 15.0. The topological polar surface area (TPSA) is 80.3 Å². The normalized spacial score (nSPS) is 16.3. The van der Waals surface area contributed by atoms with E-state index in [4.69, 9.17) is 0 Å². The van der Waals surface area contributed by atoms with Gasteiger partial charge in [0.15, 0.2) is 5.13 Å². The fourth-order valence-corrected chi connectivity index (χ4v) is 3.29. The number of nitrogens with zero attached hydrogens (tertiary/aromatic N) is 1. The van der Waals surface area contributed by atoms with Crippen molar-refractivity contribution in [1.29, 1.82) is 0 Å². The van der Waals surface area contributed by atoms with Crippen LogP contribution in [-0.4, -0.2) is 35.8 Å². The third-order valence-corrected chi connectivity index (χ3v) is 4.84. The van der Waals surface area contributed by atoms with Gasteiger partial charge >= 0.3 is 17.8 Å². The number of carbonyl (C=O) groups is 2. The van der Waals surface area contributed by atoms with Crippen LogP contribution in [0.15, 0.2) is 35.7 Å². The predicted octanol–water partition coefficient (Wildman–Crippen LogP) is 3.29. The number of aromatic nitrogens is 1. The van der Waals surface area contributed by atoms with E-state index in [9.17, 15) is 22.8 Å². The van der Waals surface area contributed by atoms with Crippen molar-refractivity contribution in [3.05, 3.63) is 47.0 Å². The van der Waals surface area contributed by atoms with Gasteiger partial charge < -0.3 is 15.4 Å². The third-order valence-electron chi connectivity index (χ3n) is 4.07. The minimum Gasteiger partial charge on any atom is -0.466 e.